The molecule has 2 heterocycles. The average molecular weight is 497 g/mol. The minimum atomic E-state index is -0.572. The number of nitrogens with zero attached hydrogens (tertiary/aromatic N) is 2. The maximum absolute atomic E-state index is 14.3. The van der Waals surface area contributed by atoms with Crippen molar-refractivity contribution in [2.75, 3.05) is 20.2 Å². The third-order valence-corrected chi connectivity index (χ3v) is 8.00. The van der Waals surface area contributed by atoms with Gasteiger partial charge in [-0.3, -0.25) is 9.69 Å². The highest BCUT2D eigenvalue weighted by molar-refractivity contribution is 5.91. The number of rotatable bonds is 7. The minimum Gasteiger partial charge on any atom is -0.467 e. The molecule has 37 heavy (non-hydrogen) atoms. The lowest BCUT2D eigenvalue weighted by Crippen LogP contribution is -2.49. The van der Waals surface area contributed by atoms with Gasteiger partial charge in [-0.2, -0.15) is 0 Å². The molecule has 192 valence electrons. The van der Waals surface area contributed by atoms with Crippen molar-refractivity contribution in [1.82, 2.24) is 9.80 Å². The fourth-order valence-corrected chi connectivity index (χ4v) is 6.20. The first-order chi connectivity index (χ1) is 18.2. The van der Waals surface area contributed by atoms with Crippen molar-refractivity contribution in [3.05, 3.63) is 108 Å². The number of benzene rings is 3. The molecule has 5 rings (SSSR count). The molecule has 1 amide bonds. The largest absolute Gasteiger partial charge is 0.467 e. The molecule has 0 aliphatic carbocycles. The molecule has 2 fully saturated rings. The second kappa shape index (κ2) is 11.7. The lowest BCUT2D eigenvalue weighted by molar-refractivity contribution is -0.151. The molecular weight excluding hydrogens is 460 g/mol. The molecule has 3 atom stereocenters. The van der Waals surface area contributed by atoms with Gasteiger partial charge >= 0.3 is 5.97 Å². The van der Waals surface area contributed by atoms with Gasteiger partial charge in [-0.1, -0.05) is 97.4 Å². The predicted molar refractivity (Wildman–Crippen MR) is 145 cm³/mol. The average Bonchev–Trinajstić information content (AvgIpc) is 3.40. The molecular formula is C32H36N2O3. The van der Waals surface area contributed by atoms with E-state index < -0.39 is 12.0 Å². The summed E-state index contributed by atoms with van der Waals surface area (Å²) < 4.78 is 5.21. The highest BCUT2D eigenvalue weighted by atomic mass is 16.5. The van der Waals surface area contributed by atoms with Crippen LogP contribution < -0.4 is 0 Å². The minimum absolute atomic E-state index is 0.0353. The fraction of sp³-hybridized carbons (Fsp3) is 0.375. The van der Waals surface area contributed by atoms with E-state index in [0.717, 1.165) is 36.9 Å². The van der Waals surface area contributed by atoms with E-state index >= 15 is 0 Å². The fourth-order valence-electron chi connectivity index (χ4n) is 6.20. The zero-order chi connectivity index (χ0) is 25.6. The van der Waals surface area contributed by atoms with Crippen molar-refractivity contribution >= 4 is 11.9 Å². The Bertz CT molecular complexity index is 1130. The summed E-state index contributed by atoms with van der Waals surface area (Å²) in [6, 6.07) is 30.4. The Morgan fingerprint density at radius 1 is 0.865 bits per heavy atom. The van der Waals surface area contributed by atoms with Crippen LogP contribution in [0.25, 0.3) is 0 Å². The van der Waals surface area contributed by atoms with E-state index in [1.54, 1.807) is 4.90 Å². The van der Waals surface area contributed by atoms with Crippen molar-refractivity contribution in [3.8, 4) is 0 Å². The quantitative estimate of drug-likeness (QED) is 0.429. The summed E-state index contributed by atoms with van der Waals surface area (Å²) in [6.45, 7) is 1.54. The molecule has 3 aromatic rings. The van der Waals surface area contributed by atoms with Crippen LogP contribution in [-0.2, 0) is 20.7 Å². The summed E-state index contributed by atoms with van der Waals surface area (Å²) in [5.74, 6) is -0.825. The van der Waals surface area contributed by atoms with Gasteiger partial charge in [0.05, 0.1) is 13.0 Å². The Balaban J connectivity index is 1.43. The molecule has 5 heteroatoms. The molecule has 2 saturated heterocycles. The van der Waals surface area contributed by atoms with Crippen LogP contribution in [0.5, 0.6) is 0 Å². The van der Waals surface area contributed by atoms with Crippen molar-refractivity contribution in [2.45, 2.75) is 56.1 Å². The first-order valence-corrected chi connectivity index (χ1v) is 13.4. The maximum Gasteiger partial charge on any atom is 0.328 e. The van der Waals surface area contributed by atoms with Gasteiger partial charge in [0.1, 0.15) is 6.04 Å². The van der Waals surface area contributed by atoms with Crippen LogP contribution in [0.15, 0.2) is 91.0 Å². The number of esters is 1. The zero-order valence-electron chi connectivity index (χ0n) is 21.5. The van der Waals surface area contributed by atoms with Gasteiger partial charge in [-0.25, -0.2) is 4.79 Å². The van der Waals surface area contributed by atoms with E-state index in [-0.39, 0.29) is 17.9 Å². The lowest BCUT2D eigenvalue weighted by atomic mass is 9.90. The predicted octanol–water partition coefficient (Wildman–Crippen LogP) is 5.06. The number of hydrogen-bond donors (Lipinski definition) is 0. The van der Waals surface area contributed by atoms with E-state index in [9.17, 15) is 9.59 Å². The summed E-state index contributed by atoms with van der Waals surface area (Å²) in [5.41, 5.74) is 3.21. The highest BCUT2D eigenvalue weighted by Gasteiger charge is 2.46. The Morgan fingerprint density at radius 3 is 2.05 bits per heavy atom. The topological polar surface area (TPSA) is 49.9 Å². The third kappa shape index (κ3) is 5.62. The molecule has 2 aliphatic heterocycles. The van der Waals surface area contributed by atoms with Crippen molar-refractivity contribution in [2.24, 2.45) is 0 Å². The van der Waals surface area contributed by atoms with E-state index in [2.05, 4.69) is 35.2 Å². The van der Waals surface area contributed by atoms with Crippen LogP contribution >= 0.6 is 0 Å². The lowest BCUT2D eigenvalue weighted by Gasteiger charge is -2.40. The van der Waals surface area contributed by atoms with Gasteiger partial charge in [0, 0.05) is 18.6 Å². The van der Waals surface area contributed by atoms with Crippen LogP contribution in [-0.4, -0.2) is 60.0 Å². The van der Waals surface area contributed by atoms with Gasteiger partial charge < -0.3 is 9.64 Å². The number of likely N-dealkylation sites (tertiary alicyclic amines) is 2. The van der Waals surface area contributed by atoms with Crippen LogP contribution in [0.3, 0.4) is 0 Å². The summed E-state index contributed by atoms with van der Waals surface area (Å²) in [5, 5.41) is 0. The van der Waals surface area contributed by atoms with E-state index in [4.69, 9.17) is 4.74 Å². The second-order valence-electron chi connectivity index (χ2n) is 10.3. The number of methoxy groups -OCH3 is 1. The summed E-state index contributed by atoms with van der Waals surface area (Å²) in [6.07, 6.45) is 5.10. The summed E-state index contributed by atoms with van der Waals surface area (Å²) in [4.78, 5) is 31.6. The Morgan fingerprint density at radius 2 is 1.46 bits per heavy atom. The smallest absolute Gasteiger partial charge is 0.328 e. The number of ether oxygens (including phenoxy) is 1. The molecule has 5 nitrogen and oxygen atoms in total. The van der Waals surface area contributed by atoms with Crippen molar-refractivity contribution < 1.29 is 14.3 Å². The van der Waals surface area contributed by atoms with Crippen LogP contribution in [0.1, 0.15) is 48.3 Å². The molecule has 0 aromatic heterocycles. The first kappa shape index (κ1) is 25.2. The zero-order valence-corrected chi connectivity index (χ0v) is 21.5. The molecule has 3 unspecified atom stereocenters. The van der Waals surface area contributed by atoms with Gasteiger partial charge in [0.15, 0.2) is 0 Å². The van der Waals surface area contributed by atoms with Crippen LogP contribution in [0.4, 0.5) is 0 Å². The highest BCUT2D eigenvalue weighted by Crippen LogP contribution is 2.34. The number of amides is 1. The molecule has 0 saturated carbocycles. The maximum atomic E-state index is 14.3. The van der Waals surface area contributed by atoms with Gasteiger partial charge in [-0.05, 0) is 48.9 Å². The van der Waals surface area contributed by atoms with E-state index in [0.29, 0.717) is 19.0 Å². The normalized spacial score (nSPS) is 22.2. The van der Waals surface area contributed by atoms with Crippen LogP contribution in [0, 0.1) is 0 Å². The van der Waals surface area contributed by atoms with Gasteiger partial charge in [-0.15, -0.1) is 0 Å². The summed E-state index contributed by atoms with van der Waals surface area (Å²) in [7, 11) is 1.42. The number of piperidine rings is 1. The van der Waals surface area contributed by atoms with Crippen LogP contribution in [0.2, 0.25) is 0 Å². The second-order valence-corrected chi connectivity index (χ2v) is 10.3. The molecule has 0 radical (unpaired) electrons. The van der Waals surface area contributed by atoms with Crippen molar-refractivity contribution in [1.29, 1.82) is 0 Å². The van der Waals surface area contributed by atoms with Crippen molar-refractivity contribution in [3.63, 3.8) is 0 Å². The Kier molecular flexibility index (Phi) is 8.00. The van der Waals surface area contributed by atoms with E-state index in [1.807, 2.05) is 60.7 Å². The molecule has 0 spiro atoms. The first-order valence-electron chi connectivity index (χ1n) is 13.4. The van der Waals surface area contributed by atoms with Gasteiger partial charge in [0.25, 0.3) is 0 Å². The Labute approximate surface area is 220 Å². The standard InChI is InChI=1S/C32H36N2O3/c1-37-32(36)29-22-28(33-20-12-11-19-27(33)21-24-13-5-2-6-14-24)23-34(29)31(35)30(25-15-7-3-8-16-25)26-17-9-4-10-18-26/h2-10,13-18,27-30H,11-12,19-23H2,1H3. The monoisotopic (exact) mass is 496 g/mol. The SMILES string of the molecule is COC(=O)C1CC(N2CCCCC2Cc2ccccc2)CN1C(=O)C(c1ccccc1)c1ccccc1. The Hall–Kier alpha value is -3.44. The number of carbonyl (C=O) groups excluding carboxylic acids is 2. The molecule has 0 bridgehead atoms. The summed E-state index contributed by atoms with van der Waals surface area (Å²) >= 11 is 0. The van der Waals surface area contributed by atoms with E-state index in [1.165, 1.54) is 19.1 Å². The number of carbonyl (C=O) groups is 2. The van der Waals surface area contributed by atoms with Gasteiger partial charge in [0.2, 0.25) is 5.91 Å². The number of hydrogen-bond acceptors (Lipinski definition) is 4. The molecule has 3 aromatic carbocycles. The third-order valence-electron chi connectivity index (χ3n) is 8.00. The molecule has 0 N–H and O–H groups in total. The molecule has 2 aliphatic rings.